The second-order valence-corrected chi connectivity index (χ2v) is 12.7. The number of amides is 1. The summed E-state index contributed by atoms with van der Waals surface area (Å²) in [7, 11) is -4.11. The monoisotopic (exact) mass is 588 g/mol. The van der Waals surface area contributed by atoms with Gasteiger partial charge in [0.05, 0.1) is 15.9 Å². The molecule has 0 saturated heterocycles. The van der Waals surface area contributed by atoms with Crippen LogP contribution in [0.4, 0.5) is 5.82 Å². The van der Waals surface area contributed by atoms with Crippen LogP contribution in [0.25, 0.3) is 22.2 Å². The van der Waals surface area contributed by atoms with Crippen molar-refractivity contribution in [3.05, 3.63) is 88.9 Å². The Labute approximate surface area is 245 Å². The molecule has 2 heterocycles. The van der Waals surface area contributed by atoms with E-state index in [2.05, 4.69) is 19.2 Å². The molecule has 41 heavy (non-hydrogen) atoms. The van der Waals surface area contributed by atoms with Crippen molar-refractivity contribution in [1.29, 1.82) is 0 Å². The third-order valence-corrected chi connectivity index (χ3v) is 9.50. The average molecular weight is 589 g/mol. The van der Waals surface area contributed by atoms with Crippen molar-refractivity contribution in [3.8, 4) is 0 Å². The number of carbonyl (C=O) groups is 1. The van der Waals surface area contributed by atoms with E-state index in [1.54, 1.807) is 48.5 Å². The predicted octanol–water partition coefficient (Wildman–Crippen LogP) is 7.85. The highest BCUT2D eigenvalue weighted by Crippen LogP contribution is 2.38. The van der Waals surface area contributed by atoms with Gasteiger partial charge in [-0.25, -0.2) is 18.4 Å². The highest BCUT2D eigenvalue weighted by Gasteiger charge is 2.33. The first-order valence-corrected chi connectivity index (χ1v) is 15.8. The normalized spacial score (nSPS) is 12.6. The Balaban J connectivity index is 1.80. The molecular weight excluding hydrogens is 556 g/mol. The minimum atomic E-state index is -4.11. The van der Waals surface area contributed by atoms with Gasteiger partial charge in [0.1, 0.15) is 16.2 Å². The maximum absolute atomic E-state index is 14.4. The number of sulfone groups is 1. The van der Waals surface area contributed by atoms with Gasteiger partial charge >= 0.3 is 0 Å². The molecule has 0 aliphatic carbocycles. The Kier molecular flexibility index (Phi) is 8.42. The Hall–Kier alpha value is -3.75. The lowest BCUT2D eigenvalue weighted by Crippen LogP contribution is -2.20. The molecule has 0 radical (unpaired) electrons. The van der Waals surface area contributed by atoms with Gasteiger partial charge in [0.25, 0.3) is 5.91 Å². The van der Waals surface area contributed by atoms with Crippen molar-refractivity contribution in [2.45, 2.75) is 62.8 Å². The number of fused-ring (bicyclic) bond motifs is 2. The Morgan fingerprint density at radius 1 is 0.951 bits per heavy atom. The topological polar surface area (TPSA) is 94.0 Å². The summed E-state index contributed by atoms with van der Waals surface area (Å²) in [5.74, 6) is -0.0250. The van der Waals surface area contributed by atoms with Crippen molar-refractivity contribution in [2.24, 2.45) is 5.92 Å². The van der Waals surface area contributed by atoms with Gasteiger partial charge in [-0.2, -0.15) is 0 Å². The molecule has 0 aliphatic heterocycles. The van der Waals surface area contributed by atoms with Gasteiger partial charge in [0, 0.05) is 17.1 Å². The van der Waals surface area contributed by atoms with Crippen LogP contribution in [0.2, 0.25) is 5.02 Å². The molecule has 1 atom stereocenters. The summed E-state index contributed by atoms with van der Waals surface area (Å²) in [6.45, 7) is 6.67. The van der Waals surface area contributed by atoms with Gasteiger partial charge in [-0.15, -0.1) is 0 Å². The van der Waals surface area contributed by atoms with Crippen LogP contribution in [0.1, 0.15) is 55.5 Å². The Morgan fingerprint density at radius 3 is 2.24 bits per heavy atom. The largest absolute Gasteiger partial charge is 0.309 e. The highest BCUT2D eigenvalue weighted by atomic mass is 35.5. The van der Waals surface area contributed by atoms with E-state index in [0.717, 1.165) is 31.2 Å². The first-order chi connectivity index (χ1) is 19.7. The molecule has 7 nitrogen and oxygen atoms in total. The van der Waals surface area contributed by atoms with Crippen molar-refractivity contribution < 1.29 is 13.2 Å². The number of halogens is 1. The summed E-state index contributed by atoms with van der Waals surface area (Å²) in [5.41, 5.74) is 3.18. The smallest absolute Gasteiger partial charge is 0.256 e. The van der Waals surface area contributed by atoms with Crippen LogP contribution in [0, 0.1) is 12.8 Å². The van der Waals surface area contributed by atoms with E-state index in [-0.39, 0.29) is 27.0 Å². The Morgan fingerprint density at radius 2 is 1.61 bits per heavy atom. The molecule has 5 aromatic rings. The summed E-state index contributed by atoms with van der Waals surface area (Å²) in [4.78, 5) is 23.4. The lowest BCUT2D eigenvalue weighted by molar-refractivity contribution is 0.102. The van der Waals surface area contributed by atoms with Gasteiger partial charge < -0.3 is 9.88 Å². The number of para-hydroxylation sites is 2. The summed E-state index contributed by atoms with van der Waals surface area (Å²) >= 11 is 6.05. The first-order valence-electron chi connectivity index (χ1n) is 13.9. The number of carbonyl (C=O) groups excluding carboxylic acids is 1. The molecule has 9 heteroatoms. The average Bonchev–Trinajstić information content (AvgIpc) is 3.26. The van der Waals surface area contributed by atoms with E-state index in [1.807, 2.05) is 35.8 Å². The van der Waals surface area contributed by atoms with Crippen LogP contribution in [0.3, 0.4) is 0 Å². The van der Waals surface area contributed by atoms with Gasteiger partial charge in [0.15, 0.2) is 5.65 Å². The van der Waals surface area contributed by atoms with Gasteiger partial charge in [-0.1, -0.05) is 74.5 Å². The summed E-state index contributed by atoms with van der Waals surface area (Å²) in [5, 5.41) is 3.45. The number of hydrogen-bond acceptors (Lipinski definition) is 5. The van der Waals surface area contributed by atoms with Crippen molar-refractivity contribution >= 4 is 55.4 Å². The maximum Gasteiger partial charge on any atom is 0.256 e. The van der Waals surface area contributed by atoms with E-state index in [9.17, 15) is 13.2 Å². The molecule has 1 amide bonds. The molecule has 212 valence electrons. The molecule has 1 N–H and O–H groups in total. The molecule has 0 fully saturated rings. The van der Waals surface area contributed by atoms with Crippen LogP contribution in [-0.2, 0) is 16.4 Å². The van der Waals surface area contributed by atoms with Crippen molar-refractivity contribution in [1.82, 2.24) is 14.5 Å². The molecule has 0 spiro atoms. The Bertz CT molecular complexity index is 1810. The fraction of sp³-hybridized carbons (Fsp3) is 0.281. The minimum Gasteiger partial charge on any atom is -0.309 e. The number of nitrogens with zero attached hydrogens (tertiary/aromatic N) is 3. The quantitative estimate of drug-likeness (QED) is 0.179. The number of hydrogen-bond donors (Lipinski definition) is 1. The molecule has 0 bridgehead atoms. The van der Waals surface area contributed by atoms with Crippen LogP contribution in [-0.4, -0.2) is 28.9 Å². The van der Waals surface area contributed by atoms with E-state index in [0.29, 0.717) is 33.8 Å². The van der Waals surface area contributed by atoms with Gasteiger partial charge in [-0.3, -0.25) is 4.79 Å². The predicted molar refractivity (Wildman–Crippen MR) is 164 cm³/mol. The first kappa shape index (κ1) is 28.8. The van der Waals surface area contributed by atoms with Crippen LogP contribution < -0.4 is 5.32 Å². The number of aromatic nitrogens is 3. The SMILES string of the molecule is CCCCC(CC)Cn1c(NC(=O)c2ccc(Cl)cc2)c(S(=O)(=O)c2ccc(C)cc2)c2nc3ccccc3nc21. The standard InChI is InChI=1S/C32H33ClN4O3S/c1-4-6-9-22(5-2)20-37-30-28(34-26-10-7-8-11-27(26)35-30)29(41(39,40)25-18-12-21(3)13-19-25)31(37)36-32(38)23-14-16-24(33)17-15-23/h7-8,10-19,22H,4-6,9,20H2,1-3H3,(H,36,38). The zero-order valence-electron chi connectivity index (χ0n) is 23.4. The van der Waals surface area contributed by atoms with E-state index >= 15 is 0 Å². The third-order valence-electron chi connectivity index (χ3n) is 7.43. The highest BCUT2D eigenvalue weighted by molar-refractivity contribution is 7.92. The molecule has 3 aromatic carbocycles. The number of rotatable bonds is 10. The number of unbranched alkanes of at least 4 members (excludes halogenated alkanes) is 1. The zero-order valence-corrected chi connectivity index (χ0v) is 25.0. The molecule has 0 saturated carbocycles. The zero-order chi connectivity index (χ0) is 29.1. The summed E-state index contributed by atoms with van der Waals surface area (Å²) in [6.07, 6.45) is 3.97. The molecule has 5 rings (SSSR count). The lowest BCUT2D eigenvalue weighted by atomic mass is 9.99. The fourth-order valence-corrected chi connectivity index (χ4v) is 6.68. The van der Waals surface area contributed by atoms with Crippen molar-refractivity contribution in [2.75, 3.05) is 5.32 Å². The second kappa shape index (κ2) is 12.0. The fourth-order valence-electron chi connectivity index (χ4n) is 5.02. The molecular formula is C32H33ClN4O3S. The minimum absolute atomic E-state index is 0.0535. The van der Waals surface area contributed by atoms with Crippen molar-refractivity contribution in [3.63, 3.8) is 0 Å². The molecule has 1 unspecified atom stereocenters. The number of aryl methyl sites for hydroxylation is 1. The maximum atomic E-state index is 14.4. The molecule has 0 aliphatic rings. The number of nitrogens with one attached hydrogen (secondary N) is 1. The van der Waals surface area contributed by atoms with Crippen LogP contribution in [0.5, 0.6) is 0 Å². The van der Waals surface area contributed by atoms with Gasteiger partial charge in [0.2, 0.25) is 9.84 Å². The van der Waals surface area contributed by atoms with E-state index < -0.39 is 15.7 Å². The molecule has 2 aromatic heterocycles. The van der Waals surface area contributed by atoms with E-state index in [4.69, 9.17) is 21.6 Å². The second-order valence-electron chi connectivity index (χ2n) is 10.4. The van der Waals surface area contributed by atoms with Gasteiger partial charge in [-0.05, 0) is 67.8 Å². The number of anilines is 1. The van der Waals surface area contributed by atoms with E-state index in [1.165, 1.54) is 0 Å². The third kappa shape index (κ3) is 5.85. The van der Waals surface area contributed by atoms with Crippen LogP contribution in [0.15, 0.2) is 82.6 Å². The lowest BCUT2D eigenvalue weighted by Gasteiger charge is -2.19. The van der Waals surface area contributed by atoms with Crippen LogP contribution >= 0.6 is 11.6 Å². The summed E-state index contributed by atoms with van der Waals surface area (Å²) in [6, 6.07) is 20.6. The number of benzene rings is 3. The summed E-state index contributed by atoms with van der Waals surface area (Å²) < 4.78 is 30.6.